The van der Waals surface area contributed by atoms with Gasteiger partial charge in [-0.2, -0.15) is 10.4 Å². The lowest BCUT2D eigenvalue weighted by atomic mass is 10.2. The molecule has 7 heteroatoms. The lowest BCUT2D eigenvalue weighted by molar-refractivity contribution is 1.31. The van der Waals surface area contributed by atoms with Crippen LogP contribution in [0.2, 0.25) is 0 Å². The fourth-order valence-electron chi connectivity index (χ4n) is 2.23. The summed E-state index contributed by atoms with van der Waals surface area (Å²) in [6.45, 7) is 2.04. The Bertz CT molecular complexity index is 974. The van der Waals surface area contributed by atoms with Gasteiger partial charge in [0.25, 0.3) is 0 Å². The Morgan fingerprint density at radius 3 is 2.71 bits per heavy atom. The minimum atomic E-state index is -0.376. The van der Waals surface area contributed by atoms with Gasteiger partial charge in [0.05, 0.1) is 16.7 Å². The average molecular weight is 317 g/mol. The van der Waals surface area contributed by atoms with E-state index in [1.54, 1.807) is 6.07 Å². The summed E-state index contributed by atoms with van der Waals surface area (Å²) >= 11 is 0. The van der Waals surface area contributed by atoms with E-state index < -0.39 is 0 Å². The largest absolute Gasteiger partial charge is 0.382 e. The van der Waals surface area contributed by atoms with Gasteiger partial charge < -0.3 is 10.7 Å². The van der Waals surface area contributed by atoms with Gasteiger partial charge in [0.1, 0.15) is 11.9 Å². The Balaban J connectivity index is 1.83. The van der Waals surface area contributed by atoms with E-state index in [-0.39, 0.29) is 11.5 Å². The number of nitrogens with two attached hydrogens (primary N) is 1. The molecule has 0 saturated heterocycles. The third kappa shape index (κ3) is 3.08. The van der Waals surface area contributed by atoms with Gasteiger partial charge in [-0.05, 0) is 48.9 Å². The van der Waals surface area contributed by atoms with Crippen LogP contribution in [0.25, 0.3) is 22.4 Å². The van der Waals surface area contributed by atoms with E-state index in [2.05, 4.69) is 26.6 Å². The second-order valence-electron chi connectivity index (χ2n) is 5.28. The predicted octanol–water partition coefficient (Wildman–Crippen LogP) is 2.77. The summed E-state index contributed by atoms with van der Waals surface area (Å²) in [5.41, 5.74) is 12.5. The Labute approximate surface area is 138 Å². The number of rotatable bonds is 4. The number of hydrazone groups is 1. The fourth-order valence-corrected chi connectivity index (χ4v) is 2.23. The Hall–Kier alpha value is -3.66. The summed E-state index contributed by atoms with van der Waals surface area (Å²) in [6.07, 6.45) is 0. The molecule has 1 heterocycles. The van der Waals surface area contributed by atoms with E-state index in [0.717, 1.165) is 22.4 Å². The van der Waals surface area contributed by atoms with Crippen molar-refractivity contribution in [1.29, 1.82) is 10.7 Å². The molecule has 0 fully saturated rings. The first-order chi connectivity index (χ1) is 11.6. The molecule has 5 N–H and O–H groups in total. The third-order valence-corrected chi connectivity index (χ3v) is 3.45. The van der Waals surface area contributed by atoms with Gasteiger partial charge in [-0.25, -0.2) is 4.98 Å². The summed E-state index contributed by atoms with van der Waals surface area (Å²) < 4.78 is 0. The van der Waals surface area contributed by atoms with Crippen molar-refractivity contribution in [3.8, 4) is 17.5 Å². The Kier molecular flexibility index (Phi) is 3.95. The van der Waals surface area contributed by atoms with Gasteiger partial charge in [-0.3, -0.25) is 10.8 Å². The molecule has 0 aliphatic carbocycles. The second-order valence-corrected chi connectivity index (χ2v) is 5.28. The first kappa shape index (κ1) is 15.2. The zero-order valence-electron chi connectivity index (χ0n) is 13.0. The average Bonchev–Trinajstić information content (AvgIpc) is 2.98. The molecule has 1 aromatic heterocycles. The van der Waals surface area contributed by atoms with Crippen molar-refractivity contribution < 1.29 is 0 Å². The van der Waals surface area contributed by atoms with Crippen LogP contribution in [0.1, 0.15) is 5.56 Å². The molecule has 0 radical (unpaired) electrons. The number of benzene rings is 2. The number of nitriles is 1. The number of aryl methyl sites for hydroxylation is 1. The van der Waals surface area contributed by atoms with E-state index in [9.17, 15) is 0 Å². The van der Waals surface area contributed by atoms with Crippen LogP contribution in [0.15, 0.2) is 47.6 Å². The number of hydrogen-bond donors (Lipinski definition) is 4. The number of fused-ring (bicyclic) bond motifs is 1. The molecule has 24 heavy (non-hydrogen) atoms. The molecule has 0 spiro atoms. The van der Waals surface area contributed by atoms with Crippen molar-refractivity contribution >= 4 is 28.3 Å². The van der Waals surface area contributed by atoms with Crippen molar-refractivity contribution in [2.75, 3.05) is 5.43 Å². The van der Waals surface area contributed by atoms with Crippen LogP contribution in [-0.4, -0.2) is 21.5 Å². The Morgan fingerprint density at radius 1 is 1.29 bits per heavy atom. The van der Waals surface area contributed by atoms with Crippen LogP contribution in [0, 0.1) is 23.7 Å². The quantitative estimate of drug-likeness (QED) is 0.335. The first-order valence-corrected chi connectivity index (χ1v) is 7.22. The van der Waals surface area contributed by atoms with E-state index in [0.29, 0.717) is 5.69 Å². The second kappa shape index (κ2) is 6.22. The summed E-state index contributed by atoms with van der Waals surface area (Å²) in [5, 5.41) is 19.8. The topological polar surface area (TPSA) is 127 Å². The summed E-state index contributed by atoms with van der Waals surface area (Å²) in [6, 6.07) is 15.2. The number of aromatic amines is 1. The molecule has 0 unspecified atom stereocenters. The number of hydrogen-bond acceptors (Lipinski definition) is 5. The van der Waals surface area contributed by atoms with E-state index >= 15 is 0 Å². The standard InChI is InChI=1S/C17H15N7/c1-10-2-7-13-14(8-10)22-17(21-13)11-3-5-12(6-4-11)23-24-15(9-18)16(19)20/h2-8,23H,1H3,(H3,19,20)(H,21,22)/b24-15+. The minimum Gasteiger partial charge on any atom is -0.382 e. The van der Waals surface area contributed by atoms with E-state index in [1.807, 2.05) is 43.3 Å². The highest BCUT2D eigenvalue weighted by Gasteiger charge is 2.06. The molecular weight excluding hydrogens is 302 g/mol. The maximum absolute atomic E-state index is 8.80. The van der Waals surface area contributed by atoms with Gasteiger partial charge in [-0.15, -0.1) is 0 Å². The predicted molar refractivity (Wildman–Crippen MR) is 94.9 cm³/mol. The number of H-pyrrole nitrogens is 1. The van der Waals surface area contributed by atoms with Crippen LogP contribution in [0.4, 0.5) is 5.69 Å². The summed E-state index contributed by atoms with van der Waals surface area (Å²) in [7, 11) is 0. The molecule has 0 amide bonds. The van der Waals surface area contributed by atoms with Gasteiger partial charge in [0.2, 0.25) is 5.71 Å². The fraction of sp³-hybridized carbons (Fsp3) is 0.0588. The lowest BCUT2D eigenvalue weighted by Gasteiger charge is -2.02. The highest BCUT2D eigenvalue weighted by atomic mass is 15.3. The maximum atomic E-state index is 8.80. The number of imidazole rings is 1. The van der Waals surface area contributed by atoms with Crippen molar-refractivity contribution in [3.05, 3.63) is 48.0 Å². The number of nitrogens with one attached hydrogen (secondary N) is 3. The first-order valence-electron chi connectivity index (χ1n) is 7.22. The summed E-state index contributed by atoms with van der Waals surface area (Å²) in [5.74, 6) is 0.409. The molecule has 7 nitrogen and oxygen atoms in total. The van der Waals surface area contributed by atoms with E-state index in [4.69, 9.17) is 16.4 Å². The summed E-state index contributed by atoms with van der Waals surface area (Å²) in [4.78, 5) is 7.87. The van der Waals surface area contributed by atoms with Gasteiger partial charge in [-0.1, -0.05) is 6.07 Å². The molecule has 0 aliphatic heterocycles. The van der Waals surface area contributed by atoms with Gasteiger partial charge >= 0.3 is 0 Å². The zero-order chi connectivity index (χ0) is 17.1. The van der Waals surface area contributed by atoms with Gasteiger partial charge in [0, 0.05) is 5.56 Å². The van der Waals surface area contributed by atoms with Crippen LogP contribution in [0.5, 0.6) is 0 Å². The minimum absolute atomic E-state index is 0.160. The molecular formula is C17H15N7. The maximum Gasteiger partial charge on any atom is 0.201 e. The number of nitrogens with zero attached hydrogens (tertiary/aromatic N) is 3. The third-order valence-electron chi connectivity index (χ3n) is 3.45. The van der Waals surface area contributed by atoms with Crippen molar-refractivity contribution in [2.45, 2.75) is 6.92 Å². The van der Waals surface area contributed by atoms with Crippen LogP contribution in [-0.2, 0) is 0 Å². The highest BCUT2D eigenvalue weighted by Crippen LogP contribution is 2.22. The lowest BCUT2D eigenvalue weighted by Crippen LogP contribution is -2.21. The molecule has 0 bridgehead atoms. The number of amidine groups is 1. The van der Waals surface area contributed by atoms with Gasteiger partial charge in [0.15, 0.2) is 5.84 Å². The molecule has 2 aromatic carbocycles. The van der Waals surface area contributed by atoms with Crippen LogP contribution in [0.3, 0.4) is 0 Å². The molecule has 0 saturated carbocycles. The molecule has 118 valence electrons. The van der Waals surface area contributed by atoms with E-state index in [1.165, 1.54) is 5.56 Å². The highest BCUT2D eigenvalue weighted by molar-refractivity contribution is 6.45. The number of aromatic nitrogens is 2. The van der Waals surface area contributed by atoms with Crippen LogP contribution < -0.4 is 11.2 Å². The molecule has 0 aliphatic rings. The van der Waals surface area contributed by atoms with Crippen LogP contribution >= 0.6 is 0 Å². The van der Waals surface area contributed by atoms with Crippen molar-refractivity contribution in [3.63, 3.8) is 0 Å². The number of anilines is 1. The Morgan fingerprint density at radius 2 is 2.04 bits per heavy atom. The van der Waals surface area contributed by atoms with Crippen molar-refractivity contribution in [1.82, 2.24) is 9.97 Å². The molecule has 3 aromatic rings. The zero-order valence-corrected chi connectivity index (χ0v) is 13.0. The monoisotopic (exact) mass is 317 g/mol. The SMILES string of the molecule is Cc1ccc2nc(-c3ccc(N/N=C(\C#N)C(=N)N)cc3)[nH]c2c1. The normalized spacial score (nSPS) is 11.2. The van der Waals surface area contributed by atoms with Crippen molar-refractivity contribution in [2.24, 2.45) is 10.8 Å². The molecule has 0 atom stereocenters. The molecule has 3 rings (SSSR count). The smallest absolute Gasteiger partial charge is 0.201 e.